The maximum absolute atomic E-state index is 8.45. The van der Waals surface area contributed by atoms with Crippen LogP contribution in [-0.2, 0) is 4.84 Å². The monoisotopic (exact) mass is 127 g/mol. The van der Waals surface area contributed by atoms with Crippen LogP contribution < -0.4 is 0 Å². The number of allylic oxidation sites excluding steroid dienone is 2. The first-order valence-corrected chi connectivity index (χ1v) is 2.45. The molecule has 4 nitrogen and oxygen atoms in total. The molecule has 0 aromatic rings. The molecule has 0 saturated carbocycles. The lowest BCUT2D eigenvalue weighted by molar-refractivity contribution is -0.0118. The van der Waals surface area contributed by atoms with Gasteiger partial charge in [0.05, 0.1) is 0 Å². The third-order valence-corrected chi connectivity index (χ3v) is 0.833. The Morgan fingerprint density at radius 2 is 2.11 bits per heavy atom. The van der Waals surface area contributed by atoms with Crippen molar-refractivity contribution in [3.8, 4) is 0 Å². The zero-order valence-corrected chi connectivity index (χ0v) is 4.64. The molecule has 0 amide bonds. The van der Waals surface area contributed by atoms with Gasteiger partial charge in [-0.15, -0.1) is 0 Å². The van der Waals surface area contributed by atoms with Crippen molar-refractivity contribution in [2.24, 2.45) is 0 Å². The molecular formula is C4H6BNO3. The second-order valence-corrected chi connectivity index (χ2v) is 1.48. The highest BCUT2D eigenvalue weighted by Gasteiger charge is 2.18. The van der Waals surface area contributed by atoms with E-state index in [1.165, 1.54) is 12.5 Å². The Labute approximate surface area is 52.8 Å². The Kier molecular flexibility index (Phi) is 1.76. The van der Waals surface area contributed by atoms with Gasteiger partial charge in [0, 0.05) is 6.20 Å². The standard InChI is InChI=1S/C4H6BNO3/c7-5(8)6-3-1-2-4-9-6/h1-4,7-8H. The van der Waals surface area contributed by atoms with Gasteiger partial charge in [0.15, 0.2) is 0 Å². The van der Waals surface area contributed by atoms with E-state index in [1.54, 1.807) is 12.2 Å². The molecule has 0 aromatic carbocycles. The average molecular weight is 127 g/mol. The van der Waals surface area contributed by atoms with Crippen molar-refractivity contribution in [3.05, 3.63) is 24.6 Å². The molecule has 0 spiro atoms. The predicted octanol–water partition coefficient (Wildman–Crippen LogP) is -0.770. The van der Waals surface area contributed by atoms with Gasteiger partial charge in [-0.25, -0.2) is 4.97 Å². The molecule has 0 unspecified atom stereocenters. The Bertz CT molecular complexity index is 145. The van der Waals surface area contributed by atoms with Gasteiger partial charge in [-0.2, -0.15) is 0 Å². The molecule has 1 aliphatic heterocycles. The summed E-state index contributed by atoms with van der Waals surface area (Å²) in [6, 6.07) is 0. The highest BCUT2D eigenvalue weighted by molar-refractivity contribution is 6.37. The first-order valence-electron chi connectivity index (χ1n) is 2.45. The molecule has 0 aromatic heterocycles. The molecule has 48 valence electrons. The van der Waals surface area contributed by atoms with Crippen molar-refractivity contribution in [2.45, 2.75) is 0 Å². The SMILES string of the molecule is OB(O)N1C=CC=CO1. The Hall–Kier alpha value is -0.935. The summed E-state index contributed by atoms with van der Waals surface area (Å²) in [5.41, 5.74) is 0. The van der Waals surface area contributed by atoms with E-state index in [4.69, 9.17) is 10.0 Å². The summed E-state index contributed by atoms with van der Waals surface area (Å²) < 4.78 is 0. The summed E-state index contributed by atoms with van der Waals surface area (Å²) in [4.78, 5) is 5.51. The maximum atomic E-state index is 8.45. The van der Waals surface area contributed by atoms with Crippen LogP contribution in [0.3, 0.4) is 0 Å². The van der Waals surface area contributed by atoms with Crippen molar-refractivity contribution >= 4 is 7.25 Å². The highest BCUT2D eigenvalue weighted by Crippen LogP contribution is 1.99. The Morgan fingerprint density at radius 1 is 1.33 bits per heavy atom. The van der Waals surface area contributed by atoms with E-state index >= 15 is 0 Å². The Balaban J connectivity index is 2.46. The normalized spacial score (nSPS) is 15.6. The molecule has 1 aliphatic rings. The van der Waals surface area contributed by atoms with Gasteiger partial charge >= 0.3 is 7.25 Å². The van der Waals surface area contributed by atoms with Crippen LogP contribution in [0.4, 0.5) is 0 Å². The fraction of sp³-hybridized carbons (Fsp3) is 0. The fourth-order valence-corrected chi connectivity index (χ4v) is 0.452. The van der Waals surface area contributed by atoms with Crippen LogP contribution >= 0.6 is 0 Å². The number of hydrogen-bond donors (Lipinski definition) is 2. The number of nitrogens with zero attached hydrogens (tertiary/aromatic N) is 1. The van der Waals surface area contributed by atoms with Gasteiger partial charge in [-0.05, 0) is 12.2 Å². The number of rotatable bonds is 1. The van der Waals surface area contributed by atoms with Gasteiger partial charge in [0.1, 0.15) is 6.26 Å². The predicted molar refractivity (Wildman–Crippen MR) is 31.4 cm³/mol. The molecular weight excluding hydrogens is 121 g/mol. The molecule has 0 fully saturated rings. The van der Waals surface area contributed by atoms with Gasteiger partial charge in [-0.3, -0.25) is 0 Å². The highest BCUT2D eigenvalue weighted by atomic mass is 16.7. The van der Waals surface area contributed by atoms with Crippen molar-refractivity contribution in [1.29, 1.82) is 0 Å². The van der Waals surface area contributed by atoms with Crippen LogP contribution in [0.15, 0.2) is 24.6 Å². The van der Waals surface area contributed by atoms with Crippen LogP contribution in [0.5, 0.6) is 0 Å². The van der Waals surface area contributed by atoms with Gasteiger partial charge in [-0.1, -0.05) is 0 Å². The molecule has 0 aliphatic carbocycles. The molecule has 0 saturated heterocycles. The second kappa shape index (κ2) is 2.57. The molecule has 1 rings (SSSR count). The van der Waals surface area contributed by atoms with E-state index in [-0.39, 0.29) is 0 Å². The lowest BCUT2D eigenvalue weighted by Gasteiger charge is -2.17. The van der Waals surface area contributed by atoms with Crippen molar-refractivity contribution in [3.63, 3.8) is 0 Å². The quantitative estimate of drug-likeness (QED) is 0.454. The van der Waals surface area contributed by atoms with Gasteiger partial charge in [0.2, 0.25) is 0 Å². The van der Waals surface area contributed by atoms with Crippen LogP contribution in [0.2, 0.25) is 0 Å². The van der Waals surface area contributed by atoms with E-state index in [0.717, 1.165) is 4.97 Å². The minimum Gasteiger partial charge on any atom is -0.406 e. The van der Waals surface area contributed by atoms with Crippen molar-refractivity contribution < 1.29 is 14.9 Å². The van der Waals surface area contributed by atoms with Crippen LogP contribution in [0.25, 0.3) is 0 Å². The third-order valence-electron chi connectivity index (χ3n) is 0.833. The smallest absolute Gasteiger partial charge is 0.406 e. The molecule has 2 N–H and O–H groups in total. The lowest BCUT2D eigenvalue weighted by Crippen LogP contribution is -2.34. The molecule has 1 heterocycles. The summed E-state index contributed by atoms with van der Waals surface area (Å²) >= 11 is 0. The topological polar surface area (TPSA) is 52.9 Å². The first kappa shape index (κ1) is 6.19. The van der Waals surface area contributed by atoms with Gasteiger partial charge in [0.25, 0.3) is 0 Å². The number of hydroxylamine groups is 1. The van der Waals surface area contributed by atoms with E-state index in [0.29, 0.717) is 0 Å². The summed E-state index contributed by atoms with van der Waals surface area (Å²) in [7, 11) is -1.59. The summed E-state index contributed by atoms with van der Waals surface area (Å²) in [5.74, 6) is 0. The van der Waals surface area contributed by atoms with Gasteiger partial charge < -0.3 is 14.9 Å². The van der Waals surface area contributed by atoms with E-state index in [1.807, 2.05) is 0 Å². The van der Waals surface area contributed by atoms with E-state index in [9.17, 15) is 0 Å². The molecule has 0 radical (unpaired) electrons. The van der Waals surface area contributed by atoms with E-state index < -0.39 is 7.25 Å². The van der Waals surface area contributed by atoms with Crippen LogP contribution in [-0.4, -0.2) is 22.3 Å². The van der Waals surface area contributed by atoms with E-state index in [2.05, 4.69) is 4.84 Å². The fourth-order valence-electron chi connectivity index (χ4n) is 0.452. The minimum absolute atomic E-state index is 0.903. The lowest BCUT2D eigenvalue weighted by atomic mass is 10.1. The van der Waals surface area contributed by atoms with Crippen LogP contribution in [0, 0.1) is 0 Å². The molecule has 0 atom stereocenters. The number of hydrogen-bond acceptors (Lipinski definition) is 4. The zero-order chi connectivity index (χ0) is 6.69. The maximum Gasteiger partial charge on any atom is 0.622 e. The summed E-state index contributed by atoms with van der Waals surface area (Å²) in [6.45, 7) is 0. The third kappa shape index (κ3) is 1.48. The molecule has 9 heavy (non-hydrogen) atoms. The minimum atomic E-state index is -1.59. The second-order valence-electron chi connectivity index (χ2n) is 1.48. The van der Waals surface area contributed by atoms with Crippen LogP contribution in [0.1, 0.15) is 0 Å². The van der Waals surface area contributed by atoms with Crippen molar-refractivity contribution in [2.75, 3.05) is 0 Å². The zero-order valence-electron chi connectivity index (χ0n) is 4.64. The average Bonchev–Trinajstić information content (AvgIpc) is 1.90. The molecule has 0 bridgehead atoms. The van der Waals surface area contributed by atoms with Crippen molar-refractivity contribution in [1.82, 2.24) is 4.97 Å². The Morgan fingerprint density at radius 3 is 2.44 bits per heavy atom. The largest absolute Gasteiger partial charge is 0.622 e. The first-order chi connectivity index (χ1) is 4.30. The molecule has 5 heteroatoms. The summed E-state index contributed by atoms with van der Waals surface area (Å²) in [6.07, 6.45) is 6.02. The summed E-state index contributed by atoms with van der Waals surface area (Å²) in [5, 5.41) is 16.9.